The van der Waals surface area contributed by atoms with Gasteiger partial charge >= 0.3 is 0 Å². The highest BCUT2D eigenvalue weighted by Gasteiger charge is 2.48. The van der Waals surface area contributed by atoms with Crippen molar-refractivity contribution in [3.05, 3.63) is 54.3 Å². The van der Waals surface area contributed by atoms with Crippen molar-refractivity contribution in [2.45, 2.75) is 49.8 Å². The van der Waals surface area contributed by atoms with Crippen molar-refractivity contribution < 1.29 is 0 Å². The Morgan fingerprint density at radius 2 is 2.22 bits per heavy atom. The highest BCUT2D eigenvalue weighted by atomic mass is 32.1. The van der Waals surface area contributed by atoms with Crippen LogP contribution in [0.3, 0.4) is 0 Å². The number of rotatable bonds is 4. The van der Waals surface area contributed by atoms with Gasteiger partial charge in [0.2, 0.25) is 0 Å². The third-order valence-corrected chi connectivity index (χ3v) is 6.79. The number of aryl methyl sites for hydroxylation is 1. The van der Waals surface area contributed by atoms with Gasteiger partial charge in [0.15, 0.2) is 0 Å². The molecule has 3 rings (SSSR count). The molecule has 1 nitrogen and oxygen atoms in total. The van der Waals surface area contributed by atoms with Gasteiger partial charge in [-0.15, -0.1) is 19.2 Å². The molecule has 2 aliphatic rings. The average molecular weight is 328 g/mol. The zero-order chi connectivity index (χ0) is 16.6. The Morgan fingerprint density at radius 1 is 1.43 bits per heavy atom. The molecule has 2 heteroatoms. The molecule has 0 aliphatic heterocycles. The first-order valence-electron chi connectivity index (χ1n) is 8.81. The summed E-state index contributed by atoms with van der Waals surface area (Å²) in [6, 6.07) is 6.76. The molecule has 0 radical (unpaired) electrons. The van der Waals surface area contributed by atoms with Crippen molar-refractivity contribution in [2.24, 2.45) is 17.3 Å². The maximum atomic E-state index is 4.52. The number of thiol groups is 1. The first kappa shape index (κ1) is 16.7. The van der Waals surface area contributed by atoms with E-state index in [1.54, 1.807) is 5.56 Å². The Morgan fingerprint density at radius 3 is 2.91 bits per heavy atom. The first-order valence-corrected chi connectivity index (χ1v) is 9.25. The lowest BCUT2D eigenvalue weighted by molar-refractivity contribution is 0.0578. The lowest BCUT2D eigenvalue weighted by Crippen LogP contribution is -2.45. The Hall–Kier alpha value is -1.15. The Labute approximate surface area is 146 Å². The van der Waals surface area contributed by atoms with Crippen LogP contribution in [0.1, 0.15) is 49.7 Å². The molecule has 1 fully saturated rings. The topological polar surface area (TPSA) is 12.0 Å². The van der Waals surface area contributed by atoms with Gasteiger partial charge in [-0.3, -0.25) is 0 Å². The molecule has 0 saturated heterocycles. The maximum absolute atomic E-state index is 4.52. The predicted molar refractivity (Wildman–Crippen MR) is 102 cm³/mol. The van der Waals surface area contributed by atoms with Gasteiger partial charge in [0.05, 0.1) is 0 Å². The fourth-order valence-corrected chi connectivity index (χ4v) is 5.39. The van der Waals surface area contributed by atoms with Crippen LogP contribution < -0.4 is 5.32 Å². The van der Waals surface area contributed by atoms with E-state index >= 15 is 0 Å². The van der Waals surface area contributed by atoms with Crippen LogP contribution in [0.15, 0.2) is 48.0 Å². The van der Waals surface area contributed by atoms with Gasteiger partial charge in [0, 0.05) is 23.1 Å². The molecule has 1 aromatic carbocycles. The van der Waals surface area contributed by atoms with Gasteiger partial charge in [-0.25, -0.2) is 0 Å². The summed E-state index contributed by atoms with van der Waals surface area (Å²) in [5.41, 5.74) is 4.46. The summed E-state index contributed by atoms with van der Waals surface area (Å²) < 4.78 is 0. The second-order valence-corrected chi connectivity index (χ2v) is 8.02. The summed E-state index contributed by atoms with van der Waals surface area (Å²) in [6.45, 7) is 10.8. The molecule has 1 N–H and O–H groups in total. The summed E-state index contributed by atoms with van der Waals surface area (Å²) in [6.07, 6.45) is 8.11. The SMILES string of the molecule is C=CCC1C2CCc3cc(S)ccc3C2CCC1(C)C(=C)NC. The van der Waals surface area contributed by atoms with Crippen molar-refractivity contribution in [1.29, 1.82) is 0 Å². The quantitative estimate of drug-likeness (QED) is 0.561. The van der Waals surface area contributed by atoms with E-state index in [0.717, 1.165) is 17.2 Å². The van der Waals surface area contributed by atoms with E-state index in [1.807, 2.05) is 7.05 Å². The van der Waals surface area contributed by atoms with Crippen LogP contribution in [0, 0.1) is 17.3 Å². The Kier molecular flexibility index (Phi) is 4.64. The maximum Gasteiger partial charge on any atom is 0.0100 e. The third kappa shape index (κ3) is 2.76. The minimum Gasteiger partial charge on any atom is -0.391 e. The molecule has 4 atom stereocenters. The number of hydrogen-bond donors (Lipinski definition) is 2. The number of benzene rings is 1. The monoisotopic (exact) mass is 327 g/mol. The molecule has 0 spiro atoms. The number of nitrogens with one attached hydrogen (secondary N) is 1. The molecule has 23 heavy (non-hydrogen) atoms. The summed E-state index contributed by atoms with van der Waals surface area (Å²) in [5, 5.41) is 3.35. The van der Waals surface area contributed by atoms with Crippen LogP contribution in [0.2, 0.25) is 0 Å². The van der Waals surface area contributed by atoms with Crippen LogP contribution >= 0.6 is 12.6 Å². The first-order chi connectivity index (χ1) is 11.0. The Balaban J connectivity index is 1.98. The molecule has 1 aromatic rings. The van der Waals surface area contributed by atoms with Gasteiger partial charge in [-0.05, 0) is 73.1 Å². The van der Waals surface area contributed by atoms with Gasteiger partial charge in [-0.2, -0.15) is 0 Å². The number of fused-ring (bicyclic) bond motifs is 3. The third-order valence-electron chi connectivity index (χ3n) is 6.51. The Bertz CT molecular complexity index is 620. The van der Waals surface area contributed by atoms with Gasteiger partial charge in [0.1, 0.15) is 0 Å². The second-order valence-electron chi connectivity index (χ2n) is 7.51. The predicted octanol–water partition coefficient (Wildman–Crippen LogP) is 5.35. The van der Waals surface area contributed by atoms with Crippen molar-refractivity contribution in [1.82, 2.24) is 5.32 Å². The van der Waals surface area contributed by atoms with Crippen LogP contribution in [-0.4, -0.2) is 7.05 Å². The highest BCUT2D eigenvalue weighted by Crippen LogP contribution is 2.57. The van der Waals surface area contributed by atoms with Crippen molar-refractivity contribution in [2.75, 3.05) is 7.05 Å². The van der Waals surface area contributed by atoms with Crippen molar-refractivity contribution in [3.63, 3.8) is 0 Å². The average Bonchev–Trinajstić information content (AvgIpc) is 2.56. The fraction of sp³-hybridized carbons (Fsp3) is 0.524. The van der Waals surface area contributed by atoms with E-state index in [0.29, 0.717) is 11.8 Å². The van der Waals surface area contributed by atoms with E-state index in [2.05, 4.69) is 62.3 Å². The molecular weight excluding hydrogens is 298 g/mol. The zero-order valence-electron chi connectivity index (χ0n) is 14.4. The summed E-state index contributed by atoms with van der Waals surface area (Å²) >= 11 is 4.52. The van der Waals surface area contributed by atoms with E-state index in [4.69, 9.17) is 0 Å². The molecule has 2 aliphatic carbocycles. The molecular formula is C21H29NS. The number of hydrogen-bond acceptors (Lipinski definition) is 2. The van der Waals surface area contributed by atoms with E-state index in [1.165, 1.54) is 36.9 Å². The van der Waals surface area contributed by atoms with Crippen molar-refractivity contribution in [3.8, 4) is 0 Å². The standard InChI is InChI=1S/C21H29NS/c1-5-6-20-19-9-7-15-13-16(23)8-10-17(15)18(19)11-12-21(20,3)14(2)22-4/h5,8,10,13,18-20,22-23H,1-2,6-7,9,11-12H2,3-4H3. The van der Waals surface area contributed by atoms with E-state index in [9.17, 15) is 0 Å². The van der Waals surface area contributed by atoms with Crippen LogP contribution in [-0.2, 0) is 6.42 Å². The molecule has 124 valence electrons. The van der Waals surface area contributed by atoms with Crippen LogP contribution in [0.4, 0.5) is 0 Å². The molecule has 0 amide bonds. The molecule has 0 aromatic heterocycles. The van der Waals surface area contributed by atoms with Gasteiger partial charge < -0.3 is 5.32 Å². The minimum absolute atomic E-state index is 0.172. The minimum atomic E-state index is 0.172. The second kappa shape index (κ2) is 6.39. The fourth-order valence-electron chi connectivity index (χ4n) is 5.16. The molecule has 0 bridgehead atoms. The summed E-state index contributed by atoms with van der Waals surface area (Å²) in [5.74, 6) is 2.05. The molecule has 1 saturated carbocycles. The van der Waals surface area contributed by atoms with E-state index in [-0.39, 0.29) is 5.41 Å². The summed E-state index contributed by atoms with van der Waals surface area (Å²) in [7, 11) is 2.01. The smallest absolute Gasteiger partial charge is 0.0100 e. The lowest BCUT2D eigenvalue weighted by atomic mass is 9.53. The largest absolute Gasteiger partial charge is 0.391 e. The number of allylic oxidation sites excluding steroid dienone is 2. The van der Waals surface area contributed by atoms with Crippen LogP contribution in [0.25, 0.3) is 0 Å². The van der Waals surface area contributed by atoms with E-state index < -0.39 is 0 Å². The lowest BCUT2D eigenvalue weighted by Gasteiger charge is -2.52. The zero-order valence-corrected chi connectivity index (χ0v) is 15.3. The normalized spacial score (nSPS) is 32.6. The molecule has 0 heterocycles. The highest BCUT2D eigenvalue weighted by molar-refractivity contribution is 7.80. The molecule has 4 unspecified atom stereocenters. The van der Waals surface area contributed by atoms with Gasteiger partial charge in [-0.1, -0.05) is 25.6 Å². The summed E-state index contributed by atoms with van der Waals surface area (Å²) in [4.78, 5) is 1.09. The van der Waals surface area contributed by atoms with Gasteiger partial charge in [0.25, 0.3) is 0 Å². The van der Waals surface area contributed by atoms with Crippen molar-refractivity contribution >= 4 is 12.6 Å². The van der Waals surface area contributed by atoms with Crippen LogP contribution in [0.5, 0.6) is 0 Å².